The van der Waals surface area contributed by atoms with Gasteiger partial charge >= 0.3 is 0 Å². The van der Waals surface area contributed by atoms with E-state index in [0.717, 1.165) is 0 Å². The maximum absolute atomic E-state index is 11.8. The first-order valence-electron chi connectivity index (χ1n) is 21.9. The molecule has 68 heavy (non-hydrogen) atoms. The lowest BCUT2D eigenvalue weighted by Crippen LogP contribution is -2.17. The van der Waals surface area contributed by atoms with E-state index in [-0.39, 0.29) is 51.7 Å². The summed E-state index contributed by atoms with van der Waals surface area (Å²) in [5.41, 5.74) is 7.37. The molecule has 0 spiro atoms. The standard InChI is InChI=1S/C56H40O12/c57-32-8-3-27(4-9-32)54-48(30-16-34(59)21-35(60)17-30)50-39-12-1-26-2-13-43(64)40(15-26)41-20-29(7-14-44(41)65)56-49(31-18-36(61)22-37(62)19-31)52-42(23-38(63)24-45(52)66-56)53-51(39)47(25-46(50)67-54)68-55(53)28-5-10-33(58)11-6-28/h1-25,48-49,53-65H. The molecule has 0 aromatic heterocycles. The van der Waals surface area contributed by atoms with Crippen LogP contribution in [0.5, 0.6) is 69.0 Å². The highest BCUT2D eigenvalue weighted by atomic mass is 16.5. The van der Waals surface area contributed by atoms with Gasteiger partial charge in [-0.1, -0.05) is 48.6 Å². The molecule has 0 amide bonds. The first-order chi connectivity index (χ1) is 32.8. The Morgan fingerprint density at radius 2 is 0.750 bits per heavy atom. The van der Waals surface area contributed by atoms with Gasteiger partial charge in [0.25, 0.3) is 0 Å². The van der Waals surface area contributed by atoms with E-state index in [1.807, 2.05) is 18.2 Å². The largest absolute Gasteiger partial charge is 0.508 e. The van der Waals surface area contributed by atoms with Crippen molar-refractivity contribution in [3.63, 3.8) is 0 Å². The summed E-state index contributed by atoms with van der Waals surface area (Å²) in [6.45, 7) is 0. The molecule has 336 valence electrons. The van der Waals surface area contributed by atoms with E-state index in [4.69, 9.17) is 14.2 Å². The van der Waals surface area contributed by atoms with Crippen LogP contribution in [0, 0.1) is 0 Å². The fourth-order valence-electron chi connectivity index (χ4n) is 10.8. The van der Waals surface area contributed by atoms with Gasteiger partial charge < -0.3 is 60.2 Å². The van der Waals surface area contributed by atoms with Crippen molar-refractivity contribution in [2.45, 2.75) is 36.1 Å². The van der Waals surface area contributed by atoms with E-state index in [2.05, 4.69) is 0 Å². The first-order valence-corrected chi connectivity index (χ1v) is 21.9. The normalized spacial score (nSPS) is 20.3. The molecule has 3 aliphatic heterocycles. The Bertz CT molecular complexity index is 3380. The maximum atomic E-state index is 11.8. The molecule has 8 aromatic carbocycles. The van der Waals surface area contributed by atoms with Gasteiger partial charge in [-0.15, -0.1) is 0 Å². The topological polar surface area (TPSA) is 210 Å². The lowest BCUT2D eigenvalue weighted by atomic mass is 9.74. The Balaban J connectivity index is 1.21. The van der Waals surface area contributed by atoms with Gasteiger partial charge in [-0.2, -0.15) is 0 Å². The Morgan fingerprint density at radius 1 is 0.309 bits per heavy atom. The molecule has 4 aliphatic rings. The summed E-state index contributed by atoms with van der Waals surface area (Å²) < 4.78 is 20.9. The van der Waals surface area contributed by atoms with Crippen LogP contribution in [0.4, 0.5) is 0 Å². The number of hydrogen-bond donors (Lipinski definition) is 9. The van der Waals surface area contributed by atoms with Gasteiger partial charge in [0.1, 0.15) is 87.3 Å². The van der Waals surface area contributed by atoms with E-state index >= 15 is 0 Å². The van der Waals surface area contributed by atoms with Crippen molar-refractivity contribution >= 4 is 12.2 Å². The molecule has 6 bridgehead atoms. The third kappa shape index (κ3) is 6.51. The molecule has 0 saturated carbocycles. The van der Waals surface area contributed by atoms with Crippen LogP contribution in [-0.4, -0.2) is 46.0 Å². The van der Waals surface area contributed by atoms with Gasteiger partial charge in [0.15, 0.2) is 0 Å². The van der Waals surface area contributed by atoms with Gasteiger partial charge in [0.05, 0.1) is 17.8 Å². The van der Waals surface area contributed by atoms with E-state index in [9.17, 15) is 46.0 Å². The maximum Gasteiger partial charge on any atom is 0.135 e. The zero-order valence-electron chi connectivity index (χ0n) is 35.6. The minimum absolute atomic E-state index is 0.0413. The summed E-state index contributed by atoms with van der Waals surface area (Å²) in [6.07, 6.45) is 1.36. The molecule has 12 heteroatoms. The third-order valence-electron chi connectivity index (χ3n) is 13.6. The fraction of sp³-hybridized carbons (Fsp3) is 0.107. The van der Waals surface area contributed by atoms with Crippen molar-refractivity contribution in [3.05, 3.63) is 201 Å². The molecule has 9 N–H and O–H groups in total. The average Bonchev–Trinajstić information content (AvgIpc) is 4.00. The van der Waals surface area contributed by atoms with Gasteiger partial charge in [-0.25, -0.2) is 0 Å². The molecule has 0 radical (unpaired) electrons. The van der Waals surface area contributed by atoms with Crippen molar-refractivity contribution in [2.75, 3.05) is 0 Å². The minimum Gasteiger partial charge on any atom is -0.508 e. The molecular weight excluding hydrogens is 865 g/mol. The Labute approximate surface area is 388 Å². The molecular formula is C56H40O12. The Kier molecular flexibility index (Phi) is 9.00. The third-order valence-corrected chi connectivity index (χ3v) is 13.6. The summed E-state index contributed by atoms with van der Waals surface area (Å²) in [6, 6.07) is 37.0. The SMILES string of the molecule is Oc1ccc(C2Oc3cc4c5c(c3C2c2cc(O)cc(O)c2)C=Cc2ccc(O)c(c2)-c2cc(ccc2O)C2Oc3cc(O)cc(c3C2c2cc(O)cc(O)c2)C5C(c2ccc(O)cc2)O4)cc1. The first kappa shape index (κ1) is 40.6. The Hall–Kier alpha value is -8.90. The van der Waals surface area contributed by atoms with E-state index < -0.39 is 36.1 Å². The summed E-state index contributed by atoms with van der Waals surface area (Å²) in [4.78, 5) is 0. The second-order valence-corrected chi connectivity index (χ2v) is 17.7. The highest BCUT2D eigenvalue weighted by Gasteiger charge is 2.49. The van der Waals surface area contributed by atoms with Crippen LogP contribution in [0.15, 0.2) is 140 Å². The van der Waals surface area contributed by atoms with Gasteiger partial charge in [-0.3, -0.25) is 0 Å². The van der Waals surface area contributed by atoms with Crippen LogP contribution in [0.25, 0.3) is 23.3 Å². The number of rotatable bonds is 4. The number of hydrogen-bond acceptors (Lipinski definition) is 12. The van der Waals surface area contributed by atoms with Crippen molar-refractivity contribution in [2.24, 2.45) is 0 Å². The minimum atomic E-state index is -0.879. The summed E-state index contributed by atoms with van der Waals surface area (Å²) in [5, 5.41) is 99.5. The van der Waals surface area contributed by atoms with Crippen molar-refractivity contribution in [3.8, 4) is 80.1 Å². The summed E-state index contributed by atoms with van der Waals surface area (Å²) in [7, 11) is 0. The van der Waals surface area contributed by atoms with E-state index in [1.54, 1.807) is 109 Å². The quantitative estimate of drug-likeness (QED) is 0.0808. The molecule has 6 unspecified atom stereocenters. The molecule has 0 saturated heterocycles. The number of benzene rings is 8. The smallest absolute Gasteiger partial charge is 0.135 e. The van der Waals surface area contributed by atoms with Crippen molar-refractivity contribution in [1.29, 1.82) is 0 Å². The lowest BCUT2D eigenvalue weighted by Gasteiger charge is -2.27. The van der Waals surface area contributed by atoms with Gasteiger partial charge in [-0.05, 0) is 123 Å². The van der Waals surface area contributed by atoms with Crippen LogP contribution in [0.1, 0.15) is 97.3 Å². The van der Waals surface area contributed by atoms with Crippen LogP contribution in [-0.2, 0) is 0 Å². The lowest BCUT2D eigenvalue weighted by molar-refractivity contribution is 0.212. The molecule has 0 fully saturated rings. The fourth-order valence-corrected chi connectivity index (χ4v) is 10.8. The van der Waals surface area contributed by atoms with Crippen LogP contribution in [0.3, 0.4) is 0 Å². The van der Waals surface area contributed by atoms with Crippen LogP contribution >= 0.6 is 0 Å². The summed E-state index contributed by atoms with van der Waals surface area (Å²) >= 11 is 0. The zero-order valence-corrected chi connectivity index (χ0v) is 35.6. The van der Waals surface area contributed by atoms with E-state index in [0.29, 0.717) is 89.6 Å². The monoisotopic (exact) mass is 904 g/mol. The molecule has 12 nitrogen and oxygen atoms in total. The predicted octanol–water partition coefficient (Wildman–Crippen LogP) is 11.0. The summed E-state index contributed by atoms with van der Waals surface area (Å²) in [5.74, 6) is -2.04. The Morgan fingerprint density at radius 3 is 1.32 bits per heavy atom. The molecule has 6 atom stereocenters. The van der Waals surface area contributed by atoms with Crippen molar-refractivity contribution < 1.29 is 60.2 Å². The van der Waals surface area contributed by atoms with Gasteiger partial charge in [0.2, 0.25) is 0 Å². The highest BCUT2D eigenvalue weighted by molar-refractivity contribution is 5.84. The van der Waals surface area contributed by atoms with Gasteiger partial charge in [0, 0.05) is 52.1 Å². The molecule has 8 aromatic rings. The second kappa shape index (κ2) is 15.1. The average molecular weight is 905 g/mol. The predicted molar refractivity (Wildman–Crippen MR) is 250 cm³/mol. The number of ether oxygens (including phenoxy) is 3. The van der Waals surface area contributed by atoms with Crippen LogP contribution < -0.4 is 14.2 Å². The number of phenolic OH excluding ortho intramolecular Hbond substituents is 9. The number of phenols is 9. The zero-order chi connectivity index (χ0) is 46.7. The number of fused-ring (bicyclic) bond motifs is 10. The molecule has 12 rings (SSSR count). The highest BCUT2D eigenvalue weighted by Crippen LogP contribution is 2.63. The van der Waals surface area contributed by atoms with Crippen molar-refractivity contribution in [1.82, 2.24) is 0 Å². The second-order valence-electron chi connectivity index (χ2n) is 17.7. The van der Waals surface area contributed by atoms with Crippen LogP contribution in [0.2, 0.25) is 0 Å². The number of aromatic hydroxyl groups is 9. The van der Waals surface area contributed by atoms with E-state index in [1.165, 1.54) is 24.3 Å². The molecule has 1 aliphatic carbocycles. The molecule has 3 heterocycles.